The van der Waals surface area contributed by atoms with Crippen LogP contribution in [0.15, 0.2) is 66.7 Å². The van der Waals surface area contributed by atoms with Gasteiger partial charge in [-0.3, -0.25) is 0 Å². The van der Waals surface area contributed by atoms with Crippen LogP contribution in [0.1, 0.15) is 10.4 Å². The number of carbonyl (C=O) groups is 1. The Kier molecular flexibility index (Phi) is 3.99. The minimum atomic E-state index is -1.66. The van der Waals surface area contributed by atoms with Gasteiger partial charge < -0.3 is 19.4 Å². The summed E-state index contributed by atoms with van der Waals surface area (Å²) >= 11 is 0. The molecule has 0 unspecified atom stereocenters. The lowest BCUT2D eigenvalue weighted by atomic mass is 9.79. The third-order valence-corrected chi connectivity index (χ3v) is 4.55. The van der Waals surface area contributed by atoms with Crippen molar-refractivity contribution in [3.8, 4) is 5.69 Å². The van der Waals surface area contributed by atoms with E-state index in [1.165, 1.54) is 13.2 Å². The molecule has 0 saturated carbocycles. The van der Waals surface area contributed by atoms with Gasteiger partial charge in [0.05, 0.1) is 29.4 Å². The molecule has 1 heterocycles. The van der Waals surface area contributed by atoms with Gasteiger partial charge in [0.15, 0.2) is 0 Å². The normalized spacial score (nSPS) is 11.0. The first-order chi connectivity index (χ1) is 12.6. The summed E-state index contributed by atoms with van der Waals surface area (Å²) in [5.74, 6) is -0.538. The molecule has 0 spiro atoms. The molecule has 6 heteroatoms. The SMILES string of the molecule is COC(=O)c1cc(B(O)O)ccc1-n1c2ccccc2c2ccccc21. The number of hydrogen-bond donors (Lipinski definition) is 2. The molecule has 0 atom stereocenters. The highest BCUT2D eigenvalue weighted by atomic mass is 16.5. The Balaban J connectivity index is 2.11. The predicted molar refractivity (Wildman–Crippen MR) is 102 cm³/mol. The number of para-hydroxylation sites is 2. The molecular weight excluding hydrogens is 329 g/mol. The molecular formula is C20H16BNO4. The molecule has 0 saturated heterocycles. The zero-order chi connectivity index (χ0) is 18.3. The number of rotatable bonds is 3. The van der Waals surface area contributed by atoms with Crippen LogP contribution in [0.4, 0.5) is 0 Å². The van der Waals surface area contributed by atoms with Gasteiger partial charge in [-0.1, -0.05) is 42.5 Å². The Hall–Kier alpha value is -3.09. The van der Waals surface area contributed by atoms with Gasteiger partial charge in [0.1, 0.15) is 0 Å². The van der Waals surface area contributed by atoms with Crippen molar-refractivity contribution in [2.45, 2.75) is 0 Å². The van der Waals surface area contributed by atoms with Gasteiger partial charge in [-0.15, -0.1) is 0 Å². The van der Waals surface area contributed by atoms with E-state index in [4.69, 9.17) is 4.74 Å². The molecule has 5 nitrogen and oxygen atoms in total. The number of benzene rings is 3. The number of hydrogen-bond acceptors (Lipinski definition) is 4. The summed E-state index contributed by atoms with van der Waals surface area (Å²) in [4.78, 5) is 12.4. The number of aromatic nitrogens is 1. The average Bonchev–Trinajstić information content (AvgIpc) is 3.01. The van der Waals surface area contributed by atoms with Crippen LogP contribution in [0.25, 0.3) is 27.5 Å². The maximum absolute atomic E-state index is 12.4. The van der Waals surface area contributed by atoms with E-state index < -0.39 is 13.1 Å². The predicted octanol–water partition coefficient (Wildman–Crippen LogP) is 2.25. The second kappa shape index (κ2) is 6.33. The summed E-state index contributed by atoms with van der Waals surface area (Å²) in [7, 11) is -0.356. The molecule has 2 N–H and O–H groups in total. The number of ether oxygens (including phenoxy) is 1. The molecule has 0 fully saturated rings. The molecule has 0 aliphatic heterocycles. The number of esters is 1. The molecule has 3 aromatic carbocycles. The highest BCUT2D eigenvalue weighted by molar-refractivity contribution is 6.58. The highest BCUT2D eigenvalue weighted by Crippen LogP contribution is 2.32. The zero-order valence-corrected chi connectivity index (χ0v) is 14.1. The van der Waals surface area contributed by atoms with Crippen molar-refractivity contribution >= 4 is 40.4 Å². The average molecular weight is 345 g/mol. The first-order valence-electron chi connectivity index (χ1n) is 8.19. The molecule has 4 aromatic rings. The second-order valence-corrected chi connectivity index (χ2v) is 6.01. The quantitative estimate of drug-likeness (QED) is 0.441. The van der Waals surface area contributed by atoms with Gasteiger partial charge in [-0.25, -0.2) is 4.79 Å². The second-order valence-electron chi connectivity index (χ2n) is 6.01. The van der Waals surface area contributed by atoms with E-state index in [2.05, 4.69) is 0 Å². The van der Waals surface area contributed by atoms with Crippen LogP contribution in [0.3, 0.4) is 0 Å². The summed E-state index contributed by atoms with van der Waals surface area (Å²) in [6.45, 7) is 0. The fourth-order valence-corrected chi connectivity index (χ4v) is 3.36. The summed E-state index contributed by atoms with van der Waals surface area (Å²) < 4.78 is 6.91. The van der Waals surface area contributed by atoms with E-state index in [-0.39, 0.29) is 11.0 Å². The largest absolute Gasteiger partial charge is 0.488 e. The summed E-state index contributed by atoms with van der Waals surface area (Å²) in [6.07, 6.45) is 0. The molecule has 0 aliphatic rings. The van der Waals surface area contributed by atoms with Crippen molar-refractivity contribution in [2.75, 3.05) is 7.11 Å². The molecule has 128 valence electrons. The topological polar surface area (TPSA) is 71.7 Å². The Morgan fingerprint density at radius 2 is 1.50 bits per heavy atom. The molecule has 0 radical (unpaired) electrons. The lowest BCUT2D eigenvalue weighted by Crippen LogP contribution is -2.31. The van der Waals surface area contributed by atoms with Crippen LogP contribution in [-0.4, -0.2) is 34.8 Å². The van der Waals surface area contributed by atoms with Crippen LogP contribution in [-0.2, 0) is 4.74 Å². The van der Waals surface area contributed by atoms with Gasteiger partial charge in [0.2, 0.25) is 0 Å². The molecule has 0 bridgehead atoms. The van der Waals surface area contributed by atoms with Crippen LogP contribution in [0.2, 0.25) is 0 Å². The van der Waals surface area contributed by atoms with Crippen molar-refractivity contribution < 1.29 is 19.6 Å². The van der Waals surface area contributed by atoms with Gasteiger partial charge in [-0.05, 0) is 29.7 Å². The maximum Gasteiger partial charge on any atom is 0.488 e. The minimum absolute atomic E-state index is 0.231. The van der Waals surface area contributed by atoms with Crippen molar-refractivity contribution in [1.82, 2.24) is 4.57 Å². The Morgan fingerprint density at radius 1 is 0.923 bits per heavy atom. The summed E-state index contributed by atoms with van der Waals surface area (Å²) in [6, 6.07) is 20.7. The van der Waals surface area contributed by atoms with Crippen LogP contribution in [0.5, 0.6) is 0 Å². The van der Waals surface area contributed by atoms with E-state index in [9.17, 15) is 14.8 Å². The fourth-order valence-electron chi connectivity index (χ4n) is 3.36. The van der Waals surface area contributed by atoms with Crippen molar-refractivity contribution in [3.05, 3.63) is 72.3 Å². The van der Waals surface area contributed by atoms with E-state index in [0.717, 1.165) is 21.8 Å². The Morgan fingerprint density at radius 3 is 2.04 bits per heavy atom. The van der Waals surface area contributed by atoms with Crippen molar-refractivity contribution in [1.29, 1.82) is 0 Å². The maximum atomic E-state index is 12.4. The lowest BCUT2D eigenvalue weighted by Gasteiger charge is -2.14. The monoisotopic (exact) mass is 345 g/mol. The van der Waals surface area contributed by atoms with Crippen LogP contribution < -0.4 is 5.46 Å². The number of nitrogens with zero attached hydrogens (tertiary/aromatic N) is 1. The third-order valence-electron chi connectivity index (χ3n) is 4.55. The Labute approximate surface area is 150 Å². The van der Waals surface area contributed by atoms with Crippen LogP contribution >= 0.6 is 0 Å². The van der Waals surface area contributed by atoms with E-state index in [0.29, 0.717) is 5.69 Å². The zero-order valence-electron chi connectivity index (χ0n) is 14.1. The smallest absolute Gasteiger partial charge is 0.465 e. The van der Waals surface area contributed by atoms with Gasteiger partial charge in [0.25, 0.3) is 0 Å². The van der Waals surface area contributed by atoms with E-state index >= 15 is 0 Å². The summed E-state index contributed by atoms with van der Waals surface area (Å²) in [5, 5.41) is 21.1. The Bertz CT molecular complexity index is 1080. The number of carbonyl (C=O) groups excluding carboxylic acids is 1. The molecule has 0 amide bonds. The number of fused-ring (bicyclic) bond motifs is 3. The van der Waals surface area contributed by atoms with Crippen molar-refractivity contribution in [2.24, 2.45) is 0 Å². The van der Waals surface area contributed by atoms with E-state index in [1.54, 1.807) is 12.1 Å². The molecule has 0 aliphatic carbocycles. The lowest BCUT2D eigenvalue weighted by molar-refractivity contribution is 0.0601. The van der Waals surface area contributed by atoms with Crippen LogP contribution in [0, 0.1) is 0 Å². The minimum Gasteiger partial charge on any atom is -0.465 e. The molecule has 1 aromatic heterocycles. The standard InChI is InChI=1S/C20H16BNO4/c1-26-20(23)16-12-13(21(24)25)10-11-19(16)22-17-8-4-2-6-14(17)15-7-3-5-9-18(15)22/h2-12,24-25H,1H3. The molecule has 4 rings (SSSR count). The van der Waals surface area contributed by atoms with Gasteiger partial charge >= 0.3 is 13.1 Å². The van der Waals surface area contributed by atoms with Crippen molar-refractivity contribution in [3.63, 3.8) is 0 Å². The highest BCUT2D eigenvalue weighted by Gasteiger charge is 2.21. The fraction of sp³-hybridized carbons (Fsp3) is 0.0500. The van der Waals surface area contributed by atoms with Gasteiger partial charge in [0, 0.05) is 10.8 Å². The van der Waals surface area contributed by atoms with E-state index in [1.807, 2.05) is 53.1 Å². The molecule has 26 heavy (non-hydrogen) atoms. The first kappa shape index (κ1) is 16.4. The summed E-state index contributed by atoms with van der Waals surface area (Å²) in [5.41, 5.74) is 3.03. The third kappa shape index (κ3) is 2.47. The van der Waals surface area contributed by atoms with Gasteiger partial charge in [-0.2, -0.15) is 0 Å². The first-order valence-corrected chi connectivity index (χ1v) is 8.19. The number of methoxy groups -OCH3 is 1.